The number of aromatic amines is 1. The Labute approximate surface area is 155 Å². The van der Waals surface area contributed by atoms with Gasteiger partial charge in [-0.1, -0.05) is 6.07 Å². The molecule has 0 fully saturated rings. The third-order valence-electron chi connectivity index (χ3n) is 4.04. The molecule has 0 aliphatic carbocycles. The normalized spacial score (nSPS) is 10.6. The Morgan fingerprint density at radius 3 is 2.56 bits per heavy atom. The number of H-pyrrole nitrogens is 1. The Bertz CT molecular complexity index is 967. The third-order valence-corrected chi connectivity index (χ3v) is 4.04. The quantitative estimate of drug-likeness (QED) is 0.331. The van der Waals surface area contributed by atoms with Crippen LogP contribution in [0.15, 0.2) is 36.4 Å². The number of nitrogens with one attached hydrogen (secondary N) is 1. The molecule has 0 amide bonds. The van der Waals surface area contributed by atoms with Gasteiger partial charge in [-0.15, -0.1) is 0 Å². The molecule has 3 aromatic rings. The van der Waals surface area contributed by atoms with E-state index in [0.717, 1.165) is 16.5 Å². The summed E-state index contributed by atoms with van der Waals surface area (Å²) in [5, 5.41) is 0.761. The molecule has 0 unspecified atom stereocenters. The Morgan fingerprint density at radius 2 is 1.85 bits per heavy atom. The van der Waals surface area contributed by atoms with Crippen molar-refractivity contribution in [2.45, 2.75) is 6.42 Å². The van der Waals surface area contributed by atoms with Crippen LogP contribution in [0.5, 0.6) is 23.1 Å². The number of carbonyl (C=O) groups excluding carboxylic acids is 1. The van der Waals surface area contributed by atoms with Crippen LogP contribution in [-0.2, 0) is 16.0 Å². The van der Waals surface area contributed by atoms with Gasteiger partial charge in [0, 0.05) is 11.5 Å². The number of rotatable bonds is 7. The molecule has 0 saturated heterocycles. The summed E-state index contributed by atoms with van der Waals surface area (Å²) in [6.45, 7) is 0.0607. The van der Waals surface area contributed by atoms with Crippen LogP contribution < -0.4 is 25.7 Å². The van der Waals surface area contributed by atoms with E-state index in [2.05, 4.69) is 9.72 Å². The molecule has 3 rings (SSSR count). The highest BCUT2D eigenvalue weighted by Crippen LogP contribution is 2.38. The third kappa shape index (κ3) is 3.90. The Morgan fingerprint density at radius 1 is 1.07 bits per heavy atom. The Kier molecular flexibility index (Phi) is 5.37. The van der Waals surface area contributed by atoms with Gasteiger partial charge in [0.2, 0.25) is 0 Å². The molecule has 1 aromatic heterocycles. The highest BCUT2D eigenvalue weighted by molar-refractivity contribution is 5.95. The average molecular weight is 371 g/mol. The molecule has 27 heavy (non-hydrogen) atoms. The van der Waals surface area contributed by atoms with Crippen LogP contribution in [0.1, 0.15) is 5.56 Å². The number of benzene rings is 2. The molecule has 0 radical (unpaired) electrons. The van der Waals surface area contributed by atoms with Gasteiger partial charge in [0.1, 0.15) is 6.73 Å². The predicted molar refractivity (Wildman–Crippen MR) is 101 cm³/mol. The van der Waals surface area contributed by atoms with Crippen LogP contribution >= 0.6 is 0 Å². The highest BCUT2D eigenvalue weighted by atomic mass is 16.5. The van der Waals surface area contributed by atoms with Crippen molar-refractivity contribution in [3.63, 3.8) is 0 Å². The lowest BCUT2D eigenvalue weighted by Gasteiger charge is -2.13. The zero-order valence-corrected chi connectivity index (χ0v) is 15.1. The maximum absolute atomic E-state index is 11.4. The Hall–Kier alpha value is -3.39. The van der Waals surface area contributed by atoms with Crippen molar-refractivity contribution in [2.75, 3.05) is 26.7 Å². The van der Waals surface area contributed by atoms with Crippen LogP contribution in [0.25, 0.3) is 10.9 Å². The first-order valence-corrected chi connectivity index (χ1v) is 8.21. The molecule has 0 bridgehead atoms. The number of hydrogen-bond acceptors (Lipinski definition) is 7. The van der Waals surface area contributed by atoms with E-state index in [1.807, 2.05) is 6.07 Å². The van der Waals surface area contributed by atoms with Gasteiger partial charge in [0.05, 0.1) is 31.8 Å². The molecule has 8 nitrogen and oxygen atoms in total. The van der Waals surface area contributed by atoms with E-state index in [1.165, 1.54) is 14.2 Å². The molecular weight excluding hydrogens is 350 g/mol. The molecule has 1 heterocycles. The summed E-state index contributed by atoms with van der Waals surface area (Å²) < 4.78 is 21.3. The monoisotopic (exact) mass is 371 g/mol. The van der Waals surface area contributed by atoms with Crippen LogP contribution in [0.3, 0.4) is 0 Å². The standard InChI is InChI=1S/C19H21N3O5/c1-24-16-7-11(8-18(23)25-2)3-5-14(16)27-15-6-4-13-12(19(15)21)9-17(22-13)26-10-20/h3-7,9,22H,8,10,20-21H2,1-2H3. The minimum Gasteiger partial charge on any atom is -0.493 e. The predicted octanol–water partition coefficient (Wildman–Crippen LogP) is 2.56. The second kappa shape index (κ2) is 7.88. The smallest absolute Gasteiger partial charge is 0.309 e. The van der Waals surface area contributed by atoms with Gasteiger partial charge >= 0.3 is 5.97 Å². The van der Waals surface area contributed by atoms with Crippen molar-refractivity contribution in [3.8, 4) is 23.1 Å². The summed E-state index contributed by atoms with van der Waals surface area (Å²) in [7, 11) is 2.88. The second-order valence-electron chi connectivity index (χ2n) is 5.72. The fourth-order valence-corrected chi connectivity index (χ4v) is 2.70. The van der Waals surface area contributed by atoms with E-state index in [1.54, 1.807) is 30.3 Å². The van der Waals surface area contributed by atoms with Crippen LogP contribution in [0, 0.1) is 0 Å². The van der Waals surface area contributed by atoms with E-state index in [0.29, 0.717) is 28.8 Å². The second-order valence-corrected chi connectivity index (χ2v) is 5.72. The summed E-state index contributed by atoms with van der Waals surface area (Å²) in [6.07, 6.45) is 0.147. The van der Waals surface area contributed by atoms with Gasteiger partial charge < -0.3 is 29.7 Å². The number of fused-ring (bicyclic) bond motifs is 1. The molecule has 0 spiro atoms. The van der Waals surface area contributed by atoms with Gasteiger partial charge in [-0.25, -0.2) is 0 Å². The van der Waals surface area contributed by atoms with Gasteiger partial charge in [0.15, 0.2) is 23.1 Å². The zero-order valence-electron chi connectivity index (χ0n) is 15.1. The number of carbonyl (C=O) groups is 1. The van der Waals surface area contributed by atoms with Crippen molar-refractivity contribution in [3.05, 3.63) is 42.0 Å². The van der Waals surface area contributed by atoms with Crippen molar-refractivity contribution >= 4 is 22.6 Å². The number of ether oxygens (including phenoxy) is 4. The first-order valence-electron chi connectivity index (χ1n) is 8.21. The van der Waals surface area contributed by atoms with E-state index >= 15 is 0 Å². The lowest BCUT2D eigenvalue weighted by molar-refractivity contribution is -0.139. The number of nitrogens with two attached hydrogens (primary N) is 2. The molecule has 0 saturated carbocycles. The first-order chi connectivity index (χ1) is 13.0. The maximum atomic E-state index is 11.4. The van der Waals surface area contributed by atoms with Crippen LogP contribution in [-0.4, -0.2) is 31.9 Å². The number of esters is 1. The van der Waals surface area contributed by atoms with Gasteiger partial charge in [0.25, 0.3) is 0 Å². The van der Waals surface area contributed by atoms with Crippen molar-refractivity contribution in [1.82, 2.24) is 4.98 Å². The zero-order chi connectivity index (χ0) is 19.4. The van der Waals surface area contributed by atoms with Crippen LogP contribution in [0.2, 0.25) is 0 Å². The molecule has 2 aromatic carbocycles. The number of nitrogen functional groups attached to an aromatic ring is 1. The van der Waals surface area contributed by atoms with Gasteiger partial charge in [-0.2, -0.15) is 0 Å². The molecule has 5 N–H and O–H groups in total. The number of anilines is 1. The molecule has 0 aliphatic rings. The fraction of sp³-hybridized carbons (Fsp3) is 0.211. The van der Waals surface area contributed by atoms with Crippen molar-refractivity contribution in [1.29, 1.82) is 0 Å². The van der Waals surface area contributed by atoms with E-state index in [-0.39, 0.29) is 19.1 Å². The largest absolute Gasteiger partial charge is 0.493 e. The van der Waals surface area contributed by atoms with E-state index < -0.39 is 0 Å². The number of aromatic nitrogens is 1. The van der Waals surface area contributed by atoms with E-state index in [9.17, 15) is 4.79 Å². The highest BCUT2D eigenvalue weighted by Gasteiger charge is 2.14. The Balaban J connectivity index is 1.90. The molecule has 8 heteroatoms. The van der Waals surface area contributed by atoms with Gasteiger partial charge in [-0.3, -0.25) is 10.5 Å². The topological polar surface area (TPSA) is 122 Å². The SMILES string of the molecule is COC(=O)Cc1ccc(Oc2ccc3[nH]c(OCN)cc3c2N)c(OC)c1. The fourth-order valence-electron chi connectivity index (χ4n) is 2.70. The average Bonchev–Trinajstić information content (AvgIpc) is 3.08. The lowest BCUT2D eigenvalue weighted by atomic mass is 10.1. The molecule has 142 valence electrons. The van der Waals surface area contributed by atoms with Crippen molar-refractivity contribution in [2.24, 2.45) is 5.73 Å². The molecule has 0 atom stereocenters. The molecule has 0 aliphatic heterocycles. The summed E-state index contributed by atoms with van der Waals surface area (Å²) in [5.74, 6) is 1.63. The first kappa shape index (κ1) is 18.4. The summed E-state index contributed by atoms with van der Waals surface area (Å²) in [4.78, 5) is 14.5. The van der Waals surface area contributed by atoms with Crippen molar-refractivity contribution < 1.29 is 23.7 Å². The summed E-state index contributed by atoms with van der Waals surface area (Å²) in [6, 6.07) is 10.6. The number of methoxy groups -OCH3 is 2. The minimum absolute atomic E-state index is 0.0607. The van der Waals surface area contributed by atoms with E-state index in [4.69, 9.17) is 25.7 Å². The maximum Gasteiger partial charge on any atom is 0.309 e. The summed E-state index contributed by atoms with van der Waals surface area (Å²) >= 11 is 0. The minimum atomic E-state index is -0.330. The lowest BCUT2D eigenvalue weighted by Crippen LogP contribution is -2.07. The summed E-state index contributed by atoms with van der Waals surface area (Å²) in [5.41, 5.74) is 13.7. The molecular formula is C19H21N3O5. The van der Waals surface area contributed by atoms with Crippen LogP contribution in [0.4, 0.5) is 5.69 Å². The number of hydrogen-bond donors (Lipinski definition) is 3. The van der Waals surface area contributed by atoms with Gasteiger partial charge in [-0.05, 0) is 29.8 Å².